The van der Waals surface area contributed by atoms with Crippen LogP contribution in [0.3, 0.4) is 0 Å². The number of amides is 1. The van der Waals surface area contributed by atoms with Crippen LogP contribution in [-0.2, 0) is 10.0 Å². The molecule has 140 valence electrons. The number of ketones is 1. The maximum Gasteiger partial charge on any atom is 0.256 e. The van der Waals surface area contributed by atoms with Gasteiger partial charge in [0, 0.05) is 31.7 Å². The Morgan fingerprint density at radius 1 is 1.28 bits per heavy atom. The number of Topliss-reactive ketones (excluding diaryl/α,β-unsaturated/α-hetero) is 1. The lowest BCUT2D eigenvalue weighted by Gasteiger charge is -2.17. The summed E-state index contributed by atoms with van der Waals surface area (Å²) in [6.07, 6.45) is 2.91. The molecular formula is C17H27N3O4S. The average molecular weight is 369 g/mol. The second-order valence-electron chi connectivity index (χ2n) is 6.94. The zero-order chi connectivity index (χ0) is 18.9. The van der Waals surface area contributed by atoms with E-state index < -0.39 is 10.0 Å². The highest BCUT2D eigenvalue weighted by molar-refractivity contribution is 7.88. The van der Waals surface area contributed by atoms with Crippen LogP contribution in [0.2, 0.25) is 0 Å². The largest absolute Gasteiger partial charge is 0.355 e. The molecule has 1 fully saturated rings. The Bertz CT molecular complexity index is 782. The van der Waals surface area contributed by atoms with Crippen LogP contribution in [-0.4, -0.2) is 55.4 Å². The van der Waals surface area contributed by atoms with Crippen molar-refractivity contribution in [3.63, 3.8) is 0 Å². The van der Waals surface area contributed by atoms with Crippen molar-refractivity contribution in [2.45, 2.75) is 46.6 Å². The van der Waals surface area contributed by atoms with Crippen molar-refractivity contribution in [2.75, 3.05) is 19.3 Å². The minimum absolute atomic E-state index is 0.0931. The Balaban J connectivity index is 2.27. The number of aromatic nitrogens is 1. The molecule has 1 aliphatic heterocycles. The molecule has 8 heteroatoms. The van der Waals surface area contributed by atoms with Crippen molar-refractivity contribution in [3.05, 3.63) is 22.5 Å². The number of carbonyl (C=O) groups is 2. The van der Waals surface area contributed by atoms with Gasteiger partial charge in [-0.3, -0.25) is 9.59 Å². The van der Waals surface area contributed by atoms with Crippen LogP contribution >= 0.6 is 0 Å². The van der Waals surface area contributed by atoms with Gasteiger partial charge in [-0.05, 0) is 31.7 Å². The van der Waals surface area contributed by atoms with Gasteiger partial charge in [-0.2, -0.15) is 0 Å². The van der Waals surface area contributed by atoms with Crippen LogP contribution in [0.15, 0.2) is 0 Å². The summed E-state index contributed by atoms with van der Waals surface area (Å²) in [7, 11) is -3.33. The number of nitrogens with one attached hydrogen (secondary N) is 2. The van der Waals surface area contributed by atoms with Gasteiger partial charge in [-0.1, -0.05) is 13.3 Å². The summed E-state index contributed by atoms with van der Waals surface area (Å²) in [6.45, 7) is 7.90. The Labute approximate surface area is 149 Å². The van der Waals surface area contributed by atoms with Crippen LogP contribution in [0, 0.1) is 19.8 Å². The van der Waals surface area contributed by atoms with Crippen molar-refractivity contribution < 1.29 is 18.0 Å². The quantitative estimate of drug-likeness (QED) is 0.744. The average Bonchev–Trinajstić information content (AvgIpc) is 2.99. The molecule has 2 N–H and O–H groups in total. The van der Waals surface area contributed by atoms with Crippen molar-refractivity contribution in [1.82, 2.24) is 14.6 Å². The van der Waals surface area contributed by atoms with E-state index in [1.54, 1.807) is 18.7 Å². The van der Waals surface area contributed by atoms with Gasteiger partial charge in [-0.25, -0.2) is 13.1 Å². The summed E-state index contributed by atoms with van der Waals surface area (Å²) in [5.74, 6) is -0.172. The van der Waals surface area contributed by atoms with Gasteiger partial charge in [-0.15, -0.1) is 0 Å². The zero-order valence-electron chi connectivity index (χ0n) is 15.5. The third-order valence-electron chi connectivity index (χ3n) is 4.76. The van der Waals surface area contributed by atoms with Crippen LogP contribution in [0.5, 0.6) is 0 Å². The number of aromatic amines is 1. The summed E-state index contributed by atoms with van der Waals surface area (Å²) in [5, 5.41) is 0. The number of carbonyl (C=O) groups excluding carboxylic acids is 2. The van der Waals surface area contributed by atoms with Crippen LogP contribution in [0.4, 0.5) is 0 Å². The second-order valence-corrected chi connectivity index (χ2v) is 8.72. The minimum Gasteiger partial charge on any atom is -0.355 e. The van der Waals surface area contributed by atoms with Crippen molar-refractivity contribution in [3.8, 4) is 0 Å². The number of likely N-dealkylation sites (tertiary alicyclic amines) is 1. The summed E-state index contributed by atoms with van der Waals surface area (Å²) in [6, 6.07) is -0.272. The van der Waals surface area contributed by atoms with E-state index in [1.807, 2.05) is 6.92 Å². The topological polar surface area (TPSA) is 99.3 Å². The molecule has 2 rings (SSSR count). The number of sulfonamides is 1. The molecule has 0 aromatic carbocycles. The molecule has 0 saturated carbocycles. The van der Waals surface area contributed by atoms with Crippen molar-refractivity contribution in [1.29, 1.82) is 0 Å². The molecular weight excluding hydrogens is 342 g/mol. The third-order valence-corrected chi connectivity index (χ3v) is 5.49. The minimum atomic E-state index is -3.33. The Hall–Kier alpha value is -1.67. The molecule has 1 aromatic rings. The summed E-state index contributed by atoms with van der Waals surface area (Å²) in [4.78, 5) is 29.4. The number of nitrogens with zero attached hydrogens (tertiary/aromatic N) is 1. The van der Waals surface area contributed by atoms with Crippen molar-refractivity contribution in [2.24, 2.45) is 5.92 Å². The molecule has 2 heterocycles. The van der Waals surface area contributed by atoms with Gasteiger partial charge in [0.05, 0.1) is 17.5 Å². The van der Waals surface area contributed by atoms with E-state index in [9.17, 15) is 18.0 Å². The normalized spacial score (nSPS) is 20.9. The van der Waals surface area contributed by atoms with Gasteiger partial charge in [0.15, 0.2) is 5.78 Å². The van der Waals surface area contributed by atoms with Crippen LogP contribution in [0.1, 0.15) is 58.8 Å². The molecule has 0 radical (unpaired) electrons. The zero-order valence-corrected chi connectivity index (χ0v) is 16.3. The first-order chi connectivity index (χ1) is 11.5. The third kappa shape index (κ3) is 4.30. The standard InChI is InChI=1S/C17H27N3O4S/c1-6-7-13-8-20(9-14(13)19-25(5,23)24)17(22)15-10(2)16(12(4)21)18-11(15)3/h13-14,18-19H,6-9H2,1-5H3/t13-,14-/m1/s1. The van der Waals surface area contributed by atoms with Gasteiger partial charge in [0.1, 0.15) is 0 Å². The van der Waals surface area contributed by atoms with E-state index in [4.69, 9.17) is 0 Å². The molecule has 0 aliphatic carbocycles. The SMILES string of the molecule is CCC[C@@H]1CN(C(=O)c2c(C)[nH]c(C(C)=O)c2C)C[C@H]1NS(C)(=O)=O. The van der Waals surface area contributed by atoms with Crippen molar-refractivity contribution >= 4 is 21.7 Å². The van der Waals surface area contributed by atoms with E-state index in [0.717, 1.165) is 19.1 Å². The highest BCUT2D eigenvalue weighted by Crippen LogP contribution is 2.27. The van der Waals surface area contributed by atoms with E-state index in [0.29, 0.717) is 35.6 Å². The number of H-pyrrole nitrogens is 1. The maximum atomic E-state index is 13.0. The molecule has 0 bridgehead atoms. The lowest BCUT2D eigenvalue weighted by Crippen LogP contribution is -2.40. The number of hydrogen-bond donors (Lipinski definition) is 2. The highest BCUT2D eigenvalue weighted by Gasteiger charge is 2.37. The monoisotopic (exact) mass is 369 g/mol. The molecule has 1 aliphatic rings. The van der Waals surface area contributed by atoms with Gasteiger partial charge in [0.2, 0.25) is 10.0 Å². The molecule has 2 atom stereocenters. The second kappa shape index (κ2) is 7.29. The van der Waals surface area contributed by atoms with E-state index in [1.165, 1.54) is 6.92 Å². The van der Waals surface area contributed by atoms with E-state index in [2.05, 4.69) is 9.71 Å². The Kier molecular flexibility index (Phi) is 5.73. The molecule has 1 aromatic heterocycles. The van der Waals surface area contributed by atoms with E-state index >= 15 is 0 Å². The highest BCUT2D eigenvalue weighted by atomic mass is 32.2. The van der Waals surface area contributed by atoms with Crippen LogP contribution in [0.25, 0.3) is 0 Å². The summed E-state index contributed by atoms with van der Waals surface area (Å²) in [5.41, 5.74) is 2.29. The van der Waals surface area contributed by atoms with Gasteiger partial charge in [0.25, 0.3) is 5.91 Å². The predicted octanol–water partition coefficient (Wildman–Crippen LogP) is 1.62. The molecule has 25 heavy (non-hydrogen) atoms. The summed E-state index contributed by atoms with van der Waals surface area (Å²) < 4.78 is 25.9. The molecule has 7 nitrogen and oxygen atoms in total. The number of rotatable bonds is 6. The Morgan fingerprint density at radius 3 is 2.40 bits per heavy atom. The van der Waals surface area contributed by atoms with Gasteiger partial charge < -0.3 is 9.88 Å². The van der Waals surface area contributed by atoms with Crippen LogP contribution < -0.4 is 4.72 Å². The smallest absolute Gasteiger partial charge is 0.256 e. The molecule has 0 spiro atoms. The number of hydrogen-bond acceptors (Lipinski definition) is 4. The number of aryl methyl sites for hydroxylation is 1. The first kappa shape index (κ1) is 19.7. The Morgan fingerprint density at radius 2 is 1.92 bits per heavy atom. The first-order valence-electron chi connectivity index (χ1n) is 8.51. The lowest BCUT2D eigenvalue weighted by atomic mass is 9.99. The fraction of sp³-hybridized carbons (Fsp3) is 0.647. The fourth-order valence-corrected chi connectivity index (χ4v) is 4.51. The molecule has 0 unspecified atom stereocenters. The maximum absolute atomic E-state index is 13.0. The van der Waals surface area contributed by atoms with Gasteiger partial charge >= 0.3 is 0 Å². The summed E-state index contributed by atoms with van der Waals surface area (Å²) >= 11 is 0. The lowest BCUT2D eigenvalue weighted by molar-refractivity contribution is 0.0783. The first-order valence-corrected chi connectivity index (χ1v) is 10.4. The molecule has 1 saturated heterocycles. The fourth-order valence-electron chi connectivity index (χ4n) is 3.69. The molecule has 1 amide bonds. The van der Waals surface area contributed by atoms with E-state index in [-0.39, 0.29) is 23.7 Å². The predicted molar refractivity (Wildman–Crippen MR) is 96.3 cm³/mol.